The first kappa shape index (κ1) is 24.2. The Morgan fingerprint density at radius 2 is 1.19 bits per heavy atom. The molecule has 0 saturated carbocycles. The summed E-state index contributed by atoms with van der Waals surface area (Å²) in [6.45, 7) is 4.22. The van der Waals surface area contributed by atoms with Crippen LogP contribution in [-0.4, -0.2) is 14.2 Å². The summed E-state index contributed by atoms with van der Waals surface area (Å²) >= 11 is 0. The van der Waals surface area contributed by atoms with Gasteiger partial charge in [-0.25, -0.2) is 0 Å². The maximum absolute atomic E-state index is 5.31. The van der Waals surface area contributed by atoms with Gasteiger partial charge < -0.3 is 14.5 Å². The van der Waals surface area contributed by atoms with Crippen molar-refractivity contribution in [3.05, 3.63) is 126 Å². The number of anilines is 5. The van der Waals surface area contributed by atoms with Crippen LogP contribution in [0.15, 0.2) is 115 Å². The van der Waals surface area contributed by atoms with Gasteiger partial charge in [0.05, 0.1) is 7.11 Å². The van der Waals surface area contributed by atoms with E-state index in [4.69, 9.17) is 4.74 Å². The first-order chi connectivity index (χ1) is 18.1. The van der Waals surface area contributed by atoms with Crippen LogP contribution in [0.5, 0.6) is 5.75 Å². The topological polar surface area (TPSA) is 15.7 Å². The van der Waals surface area contributed by atoms with Crippen LogP contribution >= 0.6 is 0 Å². The van der Waals surface area contributed by atoms with Gasteiger partial charge >= 0.3 is 0 Å². The molecule has 3 heteroatoms. The van der Waals surface area contributed by atoms with Crippen molar-refractivity contribution < 1.29 is 4.74 Å². The van der Waals surface area contributed by atoms with E-state index in [0.29, 0.717) is 0 Å². The molecule has 0 aromatic heterocycles. The average Bonchev–Trinajstić information content (AvgIpc) is 2.95. The molecule has 0 unspecified atom stereocenters. The normalized spacial score (nSPS) is 11.1. The van der Waals surface area contributed by atoms with Crippen LogP contribution in [0.4, 0.5) is 28.4 Å². The fourth-order valence-corrected chi connectivity index (χ4v) is 4.67. The van der Waals surface area contributed by atoms with E-state index in [1.54, 1.807) is 7.11 Å². The highest BCUT2D eigenvalue weighted by Gasteiger charge is 2.15. The predicted molar refractivity (Wildman–Crippen MR) is 159 cm³/mol. The van der Waals surface area contributed by atoms with Crippen molar-refractivity contribution >= 4 is 45.3 Å². The van der Waals surface area contributed by atoms with Gasteiger partial charge in [-0.2, -0.15) is 0 Å². The Hall–Kier alpha value is -4.50. The first-order valence-electron chi connectivity index (χ1n) is 12.6. The van der Waals surface area contributed by atoms with E-state index in [2.05, 4.69) is 140 Å². The molecule has 5 aromatic carbocycles. The number of hydrogen-bond donors (Lipinski definition) is 0. The van der Waals surface area contributed by atoms with Crippen LogP contribution in [0.3, 0.4) is 0 Å². The number of aryl methyl sites for hydroxylation is 1. The number of methoxy groups -OCH3 is 1. The van der Waals surface area contributed by atoms with Crippen molar-refractivity contribution in [3.8, 4) is 5.75 Å². The lowest BCUT2D eigenvalue weighted by Crippen LogP contribution is -2.12. The van der Waals surface area contributed by atoms with Crippen LogP contribution in [0.2, 0.25) is 0 Å². The maximum atomic E-state index is 5.31. The second kappa shape index (κ2) is 10.6. The van der Waals surface area contributed by atoms with Crippen LogP contribution < -0.4 is 14.5 Å². The van der Waals surface area contributed by atoms with Gasteiger partial charge in [-0.05, 0) is 109 Å². The molecule has 0 aliphatic carbocycles. The summed E-state index contributed by atoms with van der Waals surface area (Å²) in [4.78, 5) is 4.51. The van der Waals surface area contributed by atoms with Gasteiger partial charge in [-0.1, -0.05) is 48.6 Å². The molecule has 0 amide bonds. The average molecular weight is 485 g/mol. The summed E-state index contributed by atoms with van der Waals surface area (Å²) in [5.41, 5.74) is 8.08. The van der Waals surface area contributed by atoms with Gasteiger partial charge in [0.15, 0.2) is 0 Å². The molecular formula is C34H32N2O. The highest BCUT2D eigenvalue weighted by Crippen LogP contribution is 2.38. The Bertz CT molecular complexity index is 1540. The predicted octanol–water partition coefficient (Wildman–Crippen LogP) is 9.43. The highest BCUT2D eigenvalue weighted by molar-refractivity contribution is 5.89. The first-order valence-corrected chi connectivity index (χ1v) is 12.6. The molecule has 0 heterocycles. The van der Waals surface area contributed by atoms with Crippen LogP contribution in [0.1, 0.15) is 18.1 Å². The zero-order valence-electron chi connectivity index (χ0n) is 21.8. The van der Waals surface area contributed by atoms with Crippen molar-refractivity contribution in [2.45, 2.75) is 13.8 Å². The van der Waals surface area contributed by atoms with E-state index in [1.807, 2.05) is 12.1 Å². The van der Waals surface area contributed by atoms with E-state index >= 15 is 0 Å². The third-order valence-electron chi connectivity index (χ3n) is 6.81. The van der Waals surface area contributed by atoms with E-state index in [9.17, 15) is 0 Å². The molecule has 5 aromatic rings. The van der Waals surface area contributed by atoms with Gasteiger partial charge in [0.1, 0.15) is 5.75 Å². The molecule has 37 heavy (non-hydrogen) atoms. The van der Waals surface area contributed by atoms with Crippen molar-refractivity contribution in [1.29, 1.82) is 0 Å². The van der Waals surface area contributed by atoms with Crippen molar-refractivity contribution in [1.82, 2.24) is 0 Å². The quantitative estimate of drug-likeness (QED) is 0.229. The summed E-state index contributed by atoms with van der Waals surface area (Å²) in [7, 11) is 3.77. The minimum atomic E-state index is 0.855. The van der Waals surface area contributed by atoms with Gasteiger partial charge in [0.25, 0.3) is 0 Å². The van der Waals surface area contributed by atoms with Gasteiger partial charge in [-0.3, -0.25) is 0 Å². The largest absolute Gasteiger partial charge is 0.497 e. The van der Waals surface area contributed by atoms with Crippen LogP contribution in [0, 0.1) is 6.92 Å². The van der Waals surface area contributed by atoms with Crippen LogP contribution in [-0.2, 0) is 0 Å². The van der Waals surface area contributed by atoms with E-state index in [0.717, 1.165) is 34.2 Å². The fraction of sp³-hybridized carbons (Fsp3) is 0.118. The SMILES string of the molecule is C/C=C\c1cc(N(c2ccc(N(C)c3ccc(OC)cc3)cc2)c2ccc3ccccc3c2)ccc1C. The summed E-state index contributed by atoms with van der Waals surface area (Å²) < 4.78 is 5.31. The molecule has 0 radical (unpaired) electrons. The lowest BCUT2D eigenvalue weighted by Gasteiger charge is -2.27. The van der Waals surface area contributed by atoms with Gasteiger partial charge in [0.2, 0.25) is 0 Å². The monoisotopic (exact) mass is 484 g/mol. The Labute approximate surface area is 219 Å². The second-order valence-electron chi connectivity index (χ2n) is 9.18. The van der Waals surface area contributed by atoms with Crippen molar-refractivity contribution in [3.63, 3.8) is 0 Å². The number of fused-ring (bicyclic) bond motifs is 1. The summed E-state index contributed by atoms with van der Waals surface area (Å²) in [5.74, 6) is 0.855. The molecule has 0 bridgehead atoms. The molecule has 3 nitrogen and oxygen atoms in total. The maximum Gasteiger partial charge on any atom is 0.119 e. The number of hydrogen-bond acceptors (Lipinski definition) is 3. The Morgan fingerprint density at radius 1 is 0.622 bits per heavy atom. The molecule has 0 N–H and O–H groups in total. The van der Waals surface area contributed by atoms with E-state index in [1.165, 1.54) is 21.9 Å². The summed E-state index contributed by atoms with van der Waals surface area (Å²) in [6.07, 6.45) is 4.26. The summed E-state index contributed by atoms with van der Waals surface area (Å²) in [6, 6.07) is 38.7. The second-order valence-corrected chi connectivity index (χ2v) is 9.18. The molecular weight excluding hydrogens is 452 g/mol. The third kappa shape index (κ3) is 5.07. The van der Waals surface area contributed by atoms with E-state index < -0.39 is 0 Å². The number of rotatable bonds is 7. The molecule has 5 rings (SSSR count). The molecule has 0 spiro atoms. The molecule has 0 saturated heterocycles. The number of allylic oxidation sites excluding steroid dienone is 1. The van der Waals surface area contributed by atoms with Crippen LogP contribution in [0.25, 0.3) is 16.8 Å². The molecule has 0 aliphatic heterocycles. The van der Waals surface area contributed by atoms with Crippen molar-refractivity contribution in [2.24, 2.45) is 0 Å². The smallest absolute Gasteiger partial charge is 0.119 e. The molecule has 0 aliphatic rings. The molecule has 184 valence electrons. The minimum Gasteiger partial charge on any atom is -0.497 e. The van der Waals surface area contributed by atoms with Crippen molar-refractivity contribution in [2.75, 3.05) is 24.0 Å². The van der Waals surface area contributed by atoms with Gasteiger partial charge in [-0.15, -0.1) is 0 Å². The molecule has 0 fully saturated rings. The standard InChI is InChI=1S/C34H32N2O/c1-5-8-27-23-32(13-11-25(27)2)36(33-14-12-26-9-6-7-10-28(26)24-33)31-17-15-29(16-18-31)35(3)30-19-21-34(37-4)22-20-30/h5-24H,1-4H3/b8-5-. The Morgan fingerprint density at radius 3 is 1.86 bits per heavy atom. The number of ether oxygens (including phenoxy) is 1. The lowest BCUT2D eigenvalue weighted by molar-refractivity contribution is 0.415. The third-order valence-corrected chi connectivity index (χ3v) is 6.81. The zero-order valence-corrected chi connectivity index (χ0v) is 21.8. The zero-order chi connectivity index (χ0) is 25.8. The lowest BCUT2D eigenvalue weighted by atomic mass is 10.0. The highest BCUT2D eigenvalue weighted by atomic mass is 16.5. The molecule has 0 atom stereocenters. The number of nitrogens with zero attached hydrogens (tertiary/aromatic N) is 2. The van der Waals surface area contributed by atoms with Gasteiger partial charge in [0, 0.05) is 35.5 Å². The Balaban J connectivity index is 1.56. The number of benzene rings is 5. The van der Waals surface area contributed by atoms with E-state index in [-0.39, 0.29) is 0 Å². The Kier molecular flexibility index (Phi) is 6.96. The fourth-order valence-electron chi connectivity index (χ4n) is 4.67. The minimum absolute atomic E-state index is 0.855. The summed E-state index contributed by atoms with van der Waals surface area (Å²) in [5, 5.41) is 2.46.